The Kier molecular flexibility index (Phi) is 7.07. The van der Waals surface area contributed by atoms with Crippen molar-refractivity contribution in [3.63, 3.8) is 0 Å². The van der Waals surface area contributed by atoms with Gasteiger partial charge in [-0.2, -0.15) is 0 Å². The van der Waals surface area contributed by atoms with E-state index in [1.54, 1.807) is 30.3 Å². The molecule has 0 bridgehead atoms. The SMILES string of the molecule is Cl.Nc1ccc(F)cc1NC(=O)c1ccc(CNC(=O)c2ccc3ccccc3c2)cc1. The van der Waals surface area contributed by atoms with Crippen molar-refractivity contribution >= 4 is 46.4 Å². The quantitative estimate of drug-likeness (QED) is 0.368. The molecule has 4 aromatic carbocycles. The highest BCUT2D eigenvalue weighted by Crippen LogP contribution is 2.20. The number of nitrogen functional groups attached to an aromatic ring is 1. The van der Waals surface area contributed by atoms with Gasteiger partial charge in [-0.25, -0.2) is 4.39 Å². The van der Waals surface area contributed by atoms with Crippen molar-refractivity contribution in [2.45, 2.75) is 6.54 Å². The first-order valence-corrected chi connectivity index (χ1v) is 9.72. The lowest BCUT2D eigenvalue weighted by Gasteiger charge is -2.10. The third-order valence-corrected chi connectivity index (χ3v) is 4.94. The first-order chi connectivity index (χ1) is 15.0. The van der Waals surface area contributed by atoms with E-state index < -0.39 is 11.7 Å². The van der Waals surface area contributed by atoms with E-state index >= 15 is 0 Å². The van der Waals surface area contributed by atoms with Crippen LogP contribution in [-0.2, 0) is 6.54 Å². The Balaban J connectivity index is 0.00000289. The number of hydrogen-bond acceptors (Lipinski definition) is 3. The van der Waals surface area contributed by atoms with Crippen molar-refractivity contribution in [3.8, 4) is 0 Å². The van der Waals surface area contributed by atoms with Crippen molar-refractivity contribution in [1.29, 1.82) is 0 Å². The van der Waals surface area contributed by atoms with Gasteiger partial charge in [0, 0.05) is 17.7 Å². The van der Waals surface area contributed by atoms with Gasteiger partial charge in [0.15, 0.2) is 0 Å². The highest BCUT2D eigenvalue weighted by molar-refractivity contribution is 6.05. The third-order valence-electron chi connectivity index (χ3n) is 4.94. The summed E-state index contributed by atoms with van der Waals surface area (Å²) >= 11 is 0. The first-order valence-electron chi connectivity index (χ1n) is 9.72. The molecule has 7 heteroatoms. The van der Waals surface area contributed by atoms with Crippen LogP contribution < -0.4 is 16.4 Å². The summed E-state index contributed by atoms with van der Waals surface area (Å²) in [6, 6.07) is 24.0. The summed E-state index contributed by atoms with van der Waals surface area (Å²) in [6.07, 6.45) is 0. The Morgan fingerprint density at radius 3 is 2.22 bits per heavy atom. The fraction of sp³-hybridized carbons (Fsp3) is 0.0400. The predicted molar refractivity (Wildman–Crippen MR) is 128 cm³/mol. The van der Waals surface area contributed by atoms with Gasteiger partial charge in [-0.1, -0.05) is 42.5 Å². The molecule has 0 saturated carbocycles. The van der Waals surface area contributed by atoms with E-state index in [4.69, 9.17) is 5.73 Å². The van der Waals surface area contributed by atoms with E-state index in [2.05, 4.69) is 10.6 Å². The molecule has 0 aliphatic heterocycles. The molecular weight excluding hydrogens is 429 g/mol. The average molecular weight is 450 g/mol. The molecule has 0 fully saturated rings. The summed E-state index contributed by atoms with van der Waals surface area (Å²) in [6.45, 7) is 0.324. The number of rotatable bonds is 5. The van der Waals surface area contributed by atoms with Gasteiger partial charge >= 0.3 is 0 Å². The van der Waals surface area contributed by atoms with Gasteiger partial charge in [-0.15, -0.1) is 12.4 Å². The molecule has 2 amide bonds. The minimum atomic E-state index is -0.484. The van der Waals surface area contributed by atoms with Gasteiger partial charge in [0.1, 0.15) is 5.82 Å². The normalized spacial score (nSPS) is 10.3. The van der Waals surface area contributed by atoms with Crippen molar-refractivity contribution in [2.24, 2.45) is 0 Å². The van der Waals surface area contributed by atoms with Crippen LogP contribution in [0.5, 0.6) is 0 Å². The summed E-state index contributed by atoms with van der Waals surface area (Å²) in [4.78, 5) is 24.9. The molecule has 0 unspecified atom stereocenters. The Hall–Kier alpha value is -3.90. The van der Waals surface area contributed by atoms with Crippen LogP contribution >= 0.6 is 12.4 Å². The Labute approximate surface area is 190 Å². The lowest BCUT2D eigenvalue weighted by Crippen LogP contribution is -2.22. The van der Waals surface area contributed by atoms with Crippen molar-refractivity contribution in [3.05, 3.63) is 107 Å². The number of anilines is 2. The smallest absolute Gasteiger partial charge is 0.255 e. The van der Waals surface area contributed by atoms with Crippen LogP contribution in [0, 0.1) is 5.82 Å². The van der Waals surface area contributed by atoms with E-state index in [0.717, 1.165) is 16.3 Å². The monoisotopic (exact) mass is 449 g/mol. The van der Waals surface area contributed by atoms with Crippen LogP contribution in [0.1, 0.15) is 26.3 Å². The second kappa shape index (κ2) is 9.94. The van der Waals surface area contributed by atoms with Crippen molar-refractivity contribution < 1.29 is 14.0 Å². The third kappa shape index (κ3) is 5.22. The van der Waals surface area contributed by atoms with Crippen LogP contribution in [0.4, 0.5) is 15.8 Å². The van der Waals surface area contributed by atoms with Gasteiger partial charge in [-0.3, -0.25) is 9.59 Å². The Morgan fingerprint density at radius 2 is 1.47 bits per heavy atom. The summed E-state index contributed by atoms with van der Waals surface area (Å²) in [5, 5.41) is 7.56. The molecule has 0 radical (unpaired) electrons. The largest absolute Gasteiger partial charge is 0.397 e. The number of carbonyl (C=O) groups excluding carboxylic acids is 2. The number of fused-ring (bicyclic) bond motifs is 1. The predicted octanol–water partition coefficient (Wildman–Crippen LogP) is 5.17. The summed E-state index contributed by atoms with van der Waals surface area (Å²) < 4.78 is 13.4. The summed E-state index contributed by atoms with van der Waals surface area (Å²) in [5.41, 5.74) is 8.09. The number of halogens is 2. The second-order valence-corrected chi connectivity index (χ2v) is 7.13. The number of hydrogen-bond donors (Lipinski definition) is 3. The second-order valence-electron chi connectivity index (χ2n) is 7.13. The van der Waals surface area contributed by atoms with E-state index in [-0.39, 0.29) is 29.7 Å². The summed E-state index contributed by atoms with van der Waals surface area (Å²) in [5.74, 6) is -1.06. The van der Waals surface area contributed by atoms with Gasteiger partial charge in [0.05, 0.1) is 11.4 Å². The molecule has 162 valence electrons. The van der Waals surface area contributed by atoms with Crippen LogP contribution in [-0.4, -0.2) is 11.8 Å². The van der Waals surface area contributed by atoms with Crippen LogP contribution in [0.3, 0.4) is 0 Å². The average Bonchev–Trinajstić information content (AvgIpc) is 2.79. The standard InChI is InChI=1S/C25H20FN3O2.ClH/c26-21-11-12-22(27)23(14-21)29-25(31)18-7-5-16(6-8-18)15-28-24(30)20-10-9-17-3-1-2-4-19(17)13-20;/h1-14H,15,27H2,(H,28,30)(H,29,31);1H. The number of nitrogens with one attached hydrogen (secondary N) is 2. The number of carbonyl (C=O) groups is 2. The Morgan fingerprint density at radius 1 is 0.781 bits per heavy atom. The highest BCUT2D eigenvalue weighted by atomic mass is 35.5. The molecule has 0 saturated heterocycles. The highest BCUT2D eigenvalue weighted by Gasteiger charge is 2.10. The fourth-order valence-electron chi connectivity index (χ4n) is 3.22. The molecular formula is C25H21ClFN3O2. The molecule has 0 heterocycles. The van der Waals surface area contributed by atoms with E-state index in [1.165, 1.54) is 18.2 Å². The molecule has 0 atom stereocenters. The van der Waals surface area contributed by atoms with Gasteiger partial charge in [-0.05, 0) is 58.8 Å². The van der Waals surface area contributed by atoms with Gasteiger partial charge in [0.25, 0.3) is 11.8 Å². The van der Waals surface area contributed by atoms with E-state index in [0.29, 0.717) is 17.7 Å². The number of amides is 2. The first kappa shape index (κ1) is 22.8. The van der Waals surface area contributed by atoms with Crippen LogP contribution in [0.25, 0.3) is 10.8 Å². The zero-order valence-corrected chi connectivity index (χ0v) is 17.8. The maximum Gasteiger partial charge on any atom is 0.255 e. The number of nitrogens with two attached hydrogens (primary N) is 1. The van der Waals surface area contributed by atoms with Gasteiger partial charge < -0.3 is 16.4 Å². The van der Waals surface area contributed by atoms with Crippen LogP contribution in [0.15, 0.2) is 84.9 Å². The molecule has 0 aromatic heterocycles. The fourth-order valence-corrected chi connectivity index (χ4v) is 3.22. The summed E-state index contributed by atoms with van der Waals surface area (Å²) in [7, 11) is 0. The Bertz CT molecular complexity index is 1280. The number of benzene rings is 4. The van der Waals surface area contributed by atoms with Crippen LogP contribution in [0.2, 0.25) is 0 Å². The minimum absolute atomic E-state index is 0. The maximum atomic E-state index is 13.4. The van der Waals surface area contributed by atoms with E-state index in [9.17, 15) is 14.0 Å². The molecule has 4 N–H and O–H groups in total. The molecule has 0 aliphatic carbocycles. The molecule has 32 heavy (non-hydrogen) atoms. The molecule has 4 aromatic rings. The topological polar surface area (TPSA) is 84.2 Å². The molecule has 4 rings (SSSR count). The van der Waals surface area contributed by atoms with E-state index in [1.807, 2.05) is 36.4 Å². The van der Waals surface area contributed by atoms with Crippen molar-refractivity contribution in [2.75, 3.05) is 11.1 Å². The lowest BCUT2D eigenvalue weighted by molar-refractivity contribution is 0.0950. The van der Waals surface area contributed by atoms with Crippen molar-refractivity contribution in [1.82, 2.24) is 5.32 Å². The lowest BCUT2D eigenvalue weighted by atomic mass is 10.1. The van der Waals surface area contributed by atoms with Gasteiger partial charge in [0.2, 0.25) is 0 Å². The molecule has 5 nitrogen and oxygen atoms in total. The minimum Gasteiger partial charge on any atom is -0.397 e. The zero-order valence-electron chi connectivity index (χ0n) is 17.0. The molecule has 0 spiro atoms. The molecule has 0 aliphatic rings. The maximum absolute atomic E-state index is 13.4. The zero-order chi connectivity index (χ0) is 21.8.